The van der Waals surface area contributed by atoms with Gasteiger partial charge in [0.15, 0.2) is 11.7 Å². The van der Waals surface area contributed by atoms with Gasteiger partial charge < -0.3 is 15.5 Å². The largest absolute Gasteiger partial charge is 0.441 e. The number of oxazole rings is 1. The zero-order chi connectivity index (χ0) is 15.9. The SMILES string of the molecule is CC(N)CCNC(=O)CCc1ncc(-c2ccccc2Br)o1. The maximum absolute atomic E-state index is 11.7. The van der Waals surface area contributed by atoms with Crippen LogP contribution >= 0.6 is 15.9 Å². The van der Waals surface area contributed by atoms with Crippen molar-refractivity contribution in [2.75, 3.05) is 6.54 Å². The average Bonchev–Trinajstić information content (AvgIpc) is 2.94. The van der Waals surface area contributed by atoms with Gasteiger partial charge in [0.05, 0.1) is 6.20 Å². The molecule has 6 heteroatoms. The summed E-state index contributed by atoms with van der Waals surface area (Å²) in [5.74, 6) is 1.24. The lowest BCUT2D eigenvalue weighted by molar-refractivity contribution is -0.121. The minimum absolute atomic E-state index is 0.0127. The normalized spacial score (nSPS) is 12.1. The summed E-state index contributed by atoms with van der Waals surface area (Å²) in [5.41, 5.74) is 6.58. The van der Waals surface area contributed by atoms with E-state index in [2.05, 4.69) is 26.2 Å². The number of carbonyl (C=O) groups is 1. The van der Waals surface area contributed by atoms with Gasteiger partial charge in [0.25, 0.3) is 0 Å². The van der Waals surface area contributed by atoms with Crippen LogP contribution in [0.1, 0.15) is 25.7 Å². The fourth-order valence-electron chi connectivity index (χ4n) is 1.96. The first kappa shape index (κ1) is 16.7. The quantitative estimate of drug-likeness (QED) is 0.790. The topological polar surface area (TPSA) is 81.1 Å². The lowest BCUT2D eigenvalue weighted by Crippen LogP contribution is -2.29. The zero-order valence-electron chi connectivity index (χ0n) is 12.5. The third-order valence-electron chi connectivity index (χ3n) is 3.18. The summed E-state index contributed by atoms with van der Waals surface area (Å²) in [6.07, 6.45) is 3.30. The molecule has 1 unspecified atom stereocenters. The van der Waals surface area contributed by atoms with E-state index in [1.54, 1.807) is 6.20 Å². The van der Waals surface area contributed by atoms with Crippen molar-refractivity contribution in [3.8, 4) is 11.3 Å². The number of hydrogen-bond acceptors (Lipinski definition) is 4. The molecule has 0 aliphatic rings. The van der Waals surface area contributed by atoms with Crippen molar-refractivity contribution in [3.05, 3.63) is 40.8 Å². The van der Waals surface area contributed by atoms with E-state index in [1.807, 2.05) is 31.2 Å². The minimum Gasteiger partial charge on any atom is -0.441 e. The van der Waals surface area contributed by atoms with E-state index in [0.29, 0.717) is 31.0 Å². The molecule has 0 spiro atoms. The first-order chi connectivity index (χ1) is 10.6. The second-order valence-electron chi connectivity index (χ2n) is 5.21. The number of nitrogens with zero attached hydrogens (tertiary/aromatic N) is 1. The van der Waals surface area contributed by atoms with E-state index >= 15 is 0 Å². The van der Waals surface area contributed by atoms with Gasteiger partial charge in [0.2, 0.25) is 5.91 Å². The Hall–Kier alpha value is -1.66. The lowest BCUT2D eigenvalue weighted by Gasteiger charge is -2.06. The zero-order valence-corrected chi connectivity index (χ0v) is 14.1. The molecule has 0 fully saturated rings. The molecule has 118 valence electrons. The van der Waals surface area contributed by atoms with E-state index in [9.17, 15) is 4.79 Å². The molecule has 1 amide bonds. The molecule has 1 heterocycles. The lowest BCUT2D eigenvalue weighted by atomic mass is 10.2. The molecule has 0 aliphatic heterocycles. The summed E-state index contributed by atoms with van der Waals surface area (Å²) < 4.78 is 6.65. The van der Waals surface area contributed by atoms with Gasteiger partial charge in [-0.25, -0.2) is 4.98 Å². The Bertz CT molecular complexity index is 625. The van der Waals surface area contributed by atoms with E-state index in [-0.39, 0.29) is 11.9 Å². The van der Waals surface area contributed by atoms with Gasteiger partial charge in [-0.2, -0.15) is 0 Å². The number of aryl methyl sites for hydroxylation is 1. The number of amides is 1. The summed E-state index contributed by atoms with van der Waals surface area (Å²) in [5, 5.41) is 2.84. The Kier molecular flexibility index (Phi) is 6.15. The maximum Gasteiger partial charge on any atom is 0.220 e. The molecule has 0 saturated carbocycles. The number of rotatable bonds is 7. The van der Waals surface area contributed by atoms with Crippen molar-refractivity contribution < 1.29 is 9.21 Å². The molecule has 2 rings (SSSR count). The molecular weight excluding hydrogens is 346 g/mol. The van der Waals surface area contributed by atoms with Crippen LogP contribution in [0, 0.1) is 0 Å². The predicted octanol–water partition coefficient (Wildman–Crippen LogP) is 2.89. The highest BCUT2D eigenvalue weighted by Gasteiger charge is 2.10. The van der Waals surface area contributed by atoms with Crippen molar-refractivity contribution in [3.63, 3.8) is 0 Å². The van der Waals surface area contributed by atoms with Crippen molar-refractivity contribution in [2.24, 2.45) is 5.73 Å². The van der Waals surface area contributed by atoms with Gasteiger partial charge in [-0.15, -0.1) is 0 Å². The van der Waals surface area contributed by atoms with Crippen molar-refractivity contribution in [1.29, 1.82) is 0 Å². The standard InChI is InChI=1S/C16H20BrN3O2/c1-11(18)8-9-19-15(21)6-7-16-20-10-14(22-16)12-4-2-3-5-13(12)17/h2-5,10-11H,6-9,18H2,1H3,(H,19,21). The number of nitrogens with two attached hydrogens (primary N) is 1. The molecule has 3 N–H and O–H groups in total. The van der Waals surface area contributed by atoms with Crippen LogP contribution in [0.15, 0.2) is 39.4 Å². The Balaban J connectivity index is 1.85. The summed E-state index contributed by atoms with van der Waals surface area (Å²) in [4.78, 5) is 15.9. The van der Waals surface area contributed by atoms with Crippen LogP contribution in [-0.4, -0.2) is 23.5 Å². The molecule has 0 aliphatic carbocycles. The molecular formula is C16H20BrN3O2. The molecule has 1 aromatic carbocycles. The highest BCUT2D eigenvalue weighted by atomic mass is 79.9. The Labute approximate surface area is 138 Å². The van der Waals surface area contributed by atoms with E-state index in [1.165, 1.54) is 0 Å². The van der Waals surface area contributed by atoms with E-state index in [0.717, 1.165) is 16.5 Å². The minimum atomic E-state index is -0.0127. The highest BCUT2D eigenvalue weighted by Crippen LogP contribution is 2.28. The van der Waals surface area contributed by atoms with Crippen LogP contribution in [0.25, 0.3) is 11.3 Å². The number of nitrogens with one attached hydrogen (secondary N) is 1. The predicted molar refractivity (Wildman–Crippen MR) is 89.2 cm³/mol. The molecule has 5 nitrogen and oxygen atoms in total. The van der Waals surface area contributed by atoms with E-state index < -0.39 is 0 Å². The highest BCUT2D eigenvalue weighted by molar-refractivity contribution is 9.10. The maximum atomic E-state index is 11.7. The van der Waals surface area contributed by atoms with Crippen LogP contribution < -0.4 is 11.1 Å². The monoisotopic (exact) mass is 365 g/mol. The second kappa shape index (κ2) is 8.10. The smallest absolute Gasteiger partial charge is 0.220 e. The first-order valence-corrected chi connectivity index (χ1v) is 8.07. The summed E-state index contributed by atoms with van der Waals surface area (Å²) in [6.45, 7) is 2.52. The van der Waals surface area contributed by atoms with Crippen molar-refractivity contribution in [1.82, 2.24) is 10.3 Å². The van der Waals surface area contributed by atoms with Crippen LogP contribution in [0.5, 0.6) is 0 Å². The number of aromatic nitrogens is 1. The summed E-state index contributed by atoms with van der Waals surface area (Å²) in [6, 6.07) is 7.88. The van der Waals surface area contributed by atoms with Gasteiger partial charge in [-0.3, -0.25) is 4.79 Å². The van der Waals surface area contributed by atoms with Crippen molar-refractivity contribution in [2.45, 2.75) is 32.2 Å². The number of carbonyl (C=O) groups excluding carboxylic acids is 1. The third kappa shape index (κ3) is 4.96. The van der Waals surface area contributed by atoms with Crippen LogP contribution in [0.2, 0.25) is 0 Å². The summed E-state index contributed by atoms with van der Waals surface area (Å²) in [7, 11) is 0. The Morgan fingerprint density at radius 1 is 1.45 bits per heavy atom. The molecule has 1 atom stereocenters. The number of benzene rings is 1. The Morgan fingerprint density at radius 3 is 2.95 bits per heavy atom. The van der Waals surface area contributed by atoms with Crippen LogP contribution in [0.4, 0.5) is 0 Å². The molecule has 0 radical (unpaired) electrons. The van der Waals surface area contributed by atoms with Gasteiger partial charge >= 0.3 is 0 Å². The fourth-order valence-corrected chi connectivity index (χ4v) is 2.44. The number of halogens is 1. The van der Waals surface area contributed by atoms with Crippen molar-refractivity contribution >= 4 is 21.8 Å². The first-order valence-electron chi connectivity index (χ1n) is 7.28. The molecule has 1 aromatic heterocycles. The van der Waals surface area contributed by atoms with Gasteiger partial charge in [-0.1, -0.05) is 34.1 Å². The van der Waals surface area contributed by atoms with Crippen LogP contribution in [0.3, 0.4) is 0 Å². The van der Waals surface area contributed by atoms with E-state index in [4.69, 9.17) is 10.2 Å². The molecule has 0 bridgehead atoms. The Morgan fingerprint density at radius 2 is 2.23 bits per heavy atom. The molecule has 22 heavy (non-hydrogen) atoms. The number of hydrogen-bond donors (Lipinski definition) is 2. The van der Waals surface area contributed by atoms with Gasteiger partial charge in [0.1, 0.15) is 0 Å². The van der Waals surface area contributed by atoms with Gasteiger partial charge in [-0.05, 0) is 19.4 Å². The fraction of sp³-hybridized carbons (Fsp3) is 0.375. The van der Waals surface area contributed by atoms with Crippen LogP contribution in [-0.2, 0) is 11.2 Å². The molecule has 0 saturated heterocycles. The third-order valence-corrected chi connectivity index (χ3v) is 3.87. The molecule has 2 aromatic rings. The van der Waals surface area contributed by atoms with Gasteiger partial charge in [0, 0.05) is 35.5 Å². The summed E-state index contributed by atoms with van der Waals surface area (Å²) >= 11 is 3.48. The average molecular weight is 366 g/mol. The second-order valence-corrected chi connectivity index (χ2v) is 6.07.